The normalized spacial score (nSPS) is 27.5. The molecule has 0 saturated heterocycles. The molecule has 0 nitrogen and oxygen atoms in total. The highest BCUT2D eigenvalue weighted by Gasteiger charge is 2.24. The van der Waals surface area contributed by atoms with Gasteiger partial charge >= 0.3 is 0 Å². The average molecular weight is 176 g/mol. The van der Waals surface area contributed by atoms with E-state index in [2.05, 4.69) is 19.9 Å². The summed E-state index contributed by atoms with van der Waals surface area (Å²) in [7, 11) is 0. The van der Waals surface area contributed by atoms with E-state index < -0.39 is 0 Å². The second kappa shape index (κ2) is 3.69. The van der Waals surface area contributed by atoms with E-state index >= 15 is 0 Å². The van der Waals surface area contributed by atoms with E-state index in [-0.39, 0.29) is 0 Å². The van der Waals surface area contributed by atoms with Crippen LogP contribution in [0.15, 0.2) is 22.8 Å². The van der Waals surface area contributed by atoms with Gasteiger partial charge in [-0.1, -0.05) is 37.5 Å². The third-order valence-electron chi connectivity index (χ3n) is 3.53. The Hall–Kier alpha value is -0.520. The van der Waals surface area contributed by atoms with Crippen molar-refractivity contribution in [2.24, 2.45) is 5.92 Å². The van der Waals surface area contributed by atoms with Gasteiger partial charge in [-0.15, -0.1) is 0 Å². The summed E-state index contributed by atoms with van der Waals surface area (Å²) < 4.78 is 0. The summed E-state index contributed by atoms with van der Waals surface area (Å²) in [6.07, 6.45) is 10.7. The molecule has 1 unspecified atom stereocenters. The Morgan fingerprint density at radius 2 is 2.08 bits per heavy atom. The Balaban J connectivity index is 2.14. The highest BCUT2D eigenvalue weighted by atomic mass is 14.3. The molecular formula is C13H20. The van der Waals surface area contributed by atoms with Crippen LogP contribution in [0.25, 0.3) is 0 Å². The molecule has 2 aliphatic carbocycles. The fourth-order valence-corrected chi connectivity index (χ4v) is 2.76. The standard InChI is InChI=1S/C13H20/c1-3-6-11-9-12-7-4-5-8-13(12)10(11)2/h9-10H,3-8H2,1-2H3. The average Bonchev–Trinajstić information content (AvgIpc) is 2.46. The number of rotatable bonds is 2. The number of allylic oxidation sites excluding steroid dienone is 4. The van der Waals surface area contributed by atoms with E-state index in [1.54, 1.807) is 16.7 Å². The maximum atomic E-state index is 2.50. The van der Waals surface area contributed by atoms with Crippen molar-refractivity contribution in [1.29, 1.82) is 0 Å². The van der Waals surface area contributed by atoms with Crippen LogP contribution in [-0.4, -0.2) is 0 Å². The van der Waals surface area contributed by atoms with Crippen molar-refractivity contribution in [3.8, 4) is 0 Å². The zero-order valence-corrected chi connectivity index (χ0v) is 8.90. The van der Waals surface area contributed by atoms with Gasteiger partial charge < -0.3 is 0 Å². The van der Waals surface area contributed by atoms with E-state index in [0.717, 1.165) is 5.92 Å². The minimum Gasteiger partial charge on any atom is -0.0651 e. The first-order valence-electron chi connectivity index (χ1n) is 5.75. The van der Waals surface area contributed by atoms with Crippen LogP contribution >= 0.6 is 0 Å². The van der Waals surface area contributed by atoms with Gasteiger partial charge in [0.15, 0.2) is 0 Å². The zero-order chi connectivity index (χ0) is 9.26. The molecule has 0 heteroatoms. The summed E-state index contributed by atoms with van der Waals surface area (Å²) in [5.74, 6) is 0.787. The van der Waals surface area contributed by atoms with Crippen LogP contribution in [0, 0.1) is 5.92 Å². The predicted octanol–water partition coefficient (Wildman–Crippen LogP) is 4.23. The first-order chi connectivity index (χ1) is 6.33. The lowest BCUT2D eigenvalue weighted by atomic mass is 9.87. The minimum atomic E-state index is 0.787. The Labute approximate surface area is 81.7 Å². The van der Waals surface area contributed by atoms with Gasteiger partial charge in [0.05, 0.1) is 0 Å². The van der Waals surface area contributed by atoms with Crippen molar-refractivity contribution in [3.63, 3.8) is 0 Å². The highest BCUT2D eigenvalue weighted by Crippen LogP contribution is 2.41. The molecule has 0 saturated carbocycles. The third kappa shape index (κ3) is 1.59. The fraction of sp³-hybridized carbons (Fsp3) is 0.692. The second-order valence-electron chi connectivity index (χ2n) is 4.45. The van der Waals surface area contributed by atoms with E-state index in [4.69, 9.17) is 0 Å². The van der Waals surface area contributed by atoms with Crippen LogP contribution in [0.3, 0.4) is 0 Å². The maximum absolute atomic E-state index is 2.50. The zero-order valence-electron chi connectivity index (χ0n) is 8.90. The van der Waals surface area contributed by atoms with Gasteiger partial charge in [-0.2, -0.15) is 0 Å². The molecule has 0 radical (unpaired) electrons. The Morgan fingerprint density at radius 1 is 1.31 bits per heavy atom. The summed E-state index contributed by atoms with van der Waals surface area (Å²) >= 11 is 0. The fourth-order valence-electron chi connectivity index (χ4n) is 2.76. The van der Waals surface area contributed by atoms with Crippen molar-refractivity contribution in [1.82, 2.24) is 0 Å². The van der Waals surface area contributed by atoms with Gasteiger partial charge in [0.2, 0.25) is 0 Å². The summed E-state index contributed by atoms with van der Waals surface area (Å²) in [6, 6.07) is 0. The van der Waals surface area contributed by atoms with Crippen molar-refractivity contribution in [2.45, 2.75) is 52.4 Å². The van der Waals surface area contributed by atoms with Crippen LogP contribution < -0.4 is 0 Å². The molecule has 0 spiro atoms. The van der Waals surface area contributed by atoms with Crippen LogP contribution in [0.4, 0.5) is 0 Å². The monoisotopic (exact) mass is 176 g/mol. The third-order valence-corrected chi connectivity index (χ3v) is 3.53. The first kappa shape index (κ1) is 9.05. The summed E-state index contributed by atoms with van der Waals surface area (Å²) in [4.78, 5) is 0. The number of hydrogen-bond donors (Lipinski definition) is 0. The molecule has 0 aliphatic heterocycles. The Morgan fingerprint density at radius 3 is 2.77 bits per heavy atom. The second-order valence-corrected chi connectivity index (χ2v) is 4.45. The lowest BCUT2D eigenvalue weighted by Gasteiger charge is -2.18. The topological polar surface area (TPSA) is 0 Å². The lowest BCUT2D eigenvalue weighted by Crippen LogP contribution is -2.02. The molecule has 0 heterocycles. The highest BCUT2D eigenvalue weighted by molar-refractivity contribution is 5.42. The van der Waals surface area contributed by atoms with E-state index in [1.807, 2.05) is 0 Å². The molecule has 2 rings (SSSR count). The minimum absolute atomic E-state index is 0.787. The van der Waals surface area contributed by atoms with Crippen molar-refractivity contribution < 1.29 is 0 Å². The van der Waals surface area contributed by atoms with Crippen molar-refractivity contribution in [3.05, 3.63) is 22.8 Å². The number of hydrogen-bond acceptors (Lipinski definition) is 0. The van der Waals surface area contributed by atoms with Gasteiger partial charge in [0, 0.05) is 0 Å². The maximum Gasteiger partial charge on any atom is -0.00124 e. The van der Waals surface area contributed by atoms with Crippen LogP contribution in [-0.2, 0) is 0 Å². The van der Waals surface area contributed by atoms with E-state index in [9.17, 15) is 0 Å². The van der Waals surface area contributed by atoms with Crippen LogP contribution in [0.2, 0.25) is 0 Å². The lowest BCUT2D eigenvalue weighted by molar-refractivity contribution is 0.626. The van der Waals surface area contributed by atoms with Gasteiger partial charge in [0.1, 0.15) is 0 Å². The van der Waals surface area contributed by atoms with Crippen LogP contribution in [0.5, 0.6) is 0 Å². The smallest absolute Gasteiger partial charge is 0.00124 e. The molecule has 0 aromatic carbocycles. The van der Waals surface area contributed by atoms with Gasteiger partial charge in [-0.3, -0.25) is 0 Å². The molecule has 0 amide bonds. The quantitative estimate of drug-likeness (QED) is 0.590. The van der Waals surface area contributed by atoms with Gasteiger partial charge in [0.25, 0.3) is 0 Å². The summed E-state index contributed by atoms with van der Waals surface area (Å²) in [5.41, 5.74) is 5.17. The van der Waals surface area contributed by atoms with Crippen molar-refractivity contribution in [2.75, 3.05) is 0 Å². The molecule has 0 aromatic heterocycles. The molecule has 0 bridgehead atoms. The molecule has 0 N–H and O–H groups in total. The first-order valence-corrected chi connectivity index (χ1v) is 5.75. The molecule has 1 atom stereocenters. The predicted molar refractivity (Wildman–Crippen MR) is 57.6 cm³/mol. The Kier molecular flexibility index (Phi) is 2.57. The molecule has 13 heavy (non-hydrogen) atoms. The SMILES string of the molecule is CCCC1=CC2=C(CCCC2)C1C. The molecule has 2 aliphatic rings. The van der Waals surface area contributed by atoms with Gasteiger partial charge in [-0.05, 0) is 43.6 Å². The van der Waals surface area contributed by atoms with E-state index in [1.165, 1.54) is 38.5 Å². The van der Waals surface area contributed by atoms with E-state index in [0.29, 0.717) is 0 Å². The molecular weight excluding hydrogens is 156 g/mol. The summed E-state index contributed by atoms with van der Waals surface area (Å²) in [5, 5.41) is 0. The molecule has 0 fully saturated rings. The van der Waals surface area contributed by atoms with Gasteiger partial charge in [-0.25, -0.2) is 0 Å². The van der Waals surface area contributed by atoms with Crippen molar-refractivity contribution >= 4 is 0 Å². The molecule has 72 valence electrons. The Bertz CT molecular complexity index is 255. The van der Waals surface area contributed by atoms with Crippen LogP contribution in [0.1, 0.15) is 52.4 Å². The summed E-state index contributed by atoms with van der Waals surface area (Å²) in [6.45, 7) is 4.68. The molecule has 0 aromatic rings. The largest absolute Gasteiger partial charge is 0.0651 e.